The van der Waals surface area contributed by atoms with Crippen molar-refractivity contribution in [2.24, 2.45) is 5.92 Å². The van der Waals surface area contributed by atoms with Crippen molar-refractivity contribution < 1.29 is 41.1 Å². The van der Waals surface area contributed by atoms with E-state index in [-0.39, 0.29) is 12.4 Å². The number of halogens is 5. The van der Waals surface area contributed by atoms with Gasteiger partial charge in [0, 0.05) is 11.5 Å². The number of amides is 2. The summed E-state index contributed by atoms with van der Waals surface area (Å²) in [6.07, 6.45) is -5.41. The highest BCUT2D eigenvalue weighted by Gasteiger charge is 2.57. The molecule has 3 atom stereocenters. The first-order valence-corrected chi connectivity index (χ1v) is 9.17. The molecule has 0 saturated heterocycles. The maximum atomic E-state index is 12.9. The van der Waals surface area contributed by atoms with Crippen LogP contribution < -0.4 is 15.4 Å². The molecule has 0 fully saturated rings. The van der Waals surface area contributed by atoms with Crippen LogP contribution in [0.2, 0.25) is 0 Å². The normalized spacial score (nSPS) is 20.4. The molecule has 1 heterocycles. The molecule has 0 aliphatic carbocycles. The molecule has 1 aromatic carbocycles. The molecule has 6 nitrogen and oxygen atoms in total. The van der Waals surface area contributed by atoms with Gasteiger partial charge in [-0.15, -0.1) is 0 Å². The van der Waals surface area contributed by atoms with Crippen LogP contribution in [0.5, 0.6) is 5.75 Å². The summed E-state index contributed by atoms with van der Waals surface area (Å²) in [6, 6.07) is 5.74. The van der Waals surface area contributed by atoms with E-state index in [9.17, 15) is 36.3 Å². The Morgan fingerprint density at radius 2 is 1.80 bits per heavy atom. The van der Waals surface area contributed by atoms with Gasteiger partial charge in [-0.25, -0.2) is 0 Å². The van der Waals surface area contributed by atoms with E-state index in [2.05, 4.69) is 5.32 Å². The van der Waals surface area contributed by atoms with Gasteiger partial charge < -0.3 is 15.4 Å². The molecular formula is C19H21F5N2O4. The smallest absolute Gasteiger partial charge is 0.455 e. The standard InChI is InChI=1S/C19H21F5N2O4/c1-3-11-12-6-4-5-7-14(12)30-8-13(15(11)27)26-17(29)10(2)16(28)25-9-18(20,21)19(22,23)24/h4-7,10-11,13H,3,8-9H2,1-2H3,(H,25,28)(H,26,29)/t10?,11?,13-/m0/s1. The molecule has 2 amide bonds. The van der Waals surface area contributed by atoms with Crippen molar-refractivity contribution in [2.45, 2.75) is 44.3 Å². The number of para-hydroxylation sites is 1. The minimum atomic E-state index is -5.83. The number of nitrogens with one attached hydrogen (secondary N) is 2. The molecule has 1 aromatic rings. The summed E-state index contributed by atoms with van der Waals surface area (Å²) in [6.45, 7) is 0.606. The SMILES string of the molecule is CCC1C(=O)[C@@H](NC(=O)C(C)C(=O)NCC(F)(F)C(F)(F)F)COc2ccccc21. The first-order chi connectivity index (χ1) is 13.9. The van der Waals surface area contributed by atoms with E-state index in [1.807, 2.05) is 0 Å². The Hall–Kier alpha value is -2.72. The van der Waals surface area contributed by atoms with Crippen LogP contribution in [0.1, 0.15) is 31.7 Å². The van der Waals surface area contributed by atoms with Crippen LogP contribution in [0.25, 0.3) is 0 Å². The average Bonchev–Trinajstić information content (AvgIpc) is 2.81. The molecule has 1 aliphatic rings. The zero-order valence-corrected chi connectivity index (χ0v) is 16.2. The summed E-state index contributed by atoms with van der Waals surface area (Å²) in [4.78, 5) is 37.0. The van der Waals surface area contributed by atoms with E-state index in [1.54, 1.807) is 31.2 Å². The van der Waals surface area contributed by atoms with Gasteiger partial charge in [0.1, 0.15) is 24.3 Å². The minimum absolute atomic E-state index is 0.210. The maximum absolute atomic E-state index is 12.9. The third kappa shape index (κ3) is 5.06. The fourth-order valence-corrected chi connectivity index (χ4v) is 2.95. The summed E-state index contributed by atoms with van der Waals surface area (Å²) < 4.78 is 68.0. The van der Waals surface area contributed by atoms with Crippen molar-refractivity contribution in [3.05, 3.63) is 29.8 Å². The molecule has 1 aliphatic heterocycles. The Bertz CT molecular complexity index is 812. The lowest BCUT2D eigenvalue weighted by Gasteiger charge is -2.22. The maximum Gasteiger partial charge on any atom is 0.455 e. The van der Waals surface area contributed by atoms with Crippen LogP contribution in [-0.4, -0.2) is 48.9 Å². The van der Waals surface area contributed by atoms with Crippen molar-refractivity contribution in [1.82, 2.24) is 10.6 Å². The zero-order chi connectivity index (χ0) is 22.7. The third-order valence-electron chi connectivity index (χ3n) is 4.80. The summed E-state index contributed by atoms with van der Waals surface area (Å²) in [5.74, 6) is -9.50. The molecule has 2 rings (SSSR count). The summed E-state index contributed by atoms with van der Waals surface area (Å²) in [7, 11) is 0. The quantitative estimate of drug-likeness (QED) is 0.531. The lowest BCUT2D eigenvalue weighted by molar-refractivity contribution is -0.278. The summed E-state index contributed by atoms with van der Waals surface area (Å²) in [5.41, 5.74) is 0.655. The van der Waals surface area contributed by atoms with E-state index in [1.165, 1.54) is 5.32 Å². The fourth-order valence-electron chi connectivity index (χ4n) is 2.95. The van der Waals surface area contributed by atoms with Gasteiger partial charge in [0.05, 0.1) is 6.54 Å². The number of Topliss-reactive ketones (excluding diaryl/α,β-unsaturated/α-hetero) is 1. The Morgan fingerprint density at radius 1 is 1.17 bits per heavy atom. The zero-order valence-electron chi connectivity index (χ0n) is 16.2. The van der Waals surface area contributed by atoms with Gasteiger partial charge in [0.2, 0.25) is 11.8 Å². The second-order valence-corrected chi connectivity index (χ2v) is 6.91. The molecule has 0 saturated carbocycles. The fraction of sp³-hybridized carbons (Fsp3) is 0.526. The average molecular weight is 436 g/mol. The molecule has 0 bridgehead atoms. The van der Waals surface area contributed by atoms with E-state index in [4.69, 9.17) is 4.74 Å². The van der Waals surface area contributed by atoms with Crippen molar-refractivity contribution in [3.8, 4) is 5.75 Å². The summed E-state index contributed by atoms with van der Waals surface area (Å²) >= 11 is 0. The van der Waals surface area contributed by atoms with Crippen LogP contribution >= 0.6 is 0 Å². The molecule has 0 aromatic heterocycles. The molecule has 2 unspecified atom stereocenters. The second kappa shape index (κ2) is 8.97. The topological polar surface area (TPSA) is 84.5 Å². The van der Waals surface area contributed by atoms with Crippen LogP contribution in [0.3, 0.4) is 0 Å². The molecule has 2 N–H and O–H groups in total. The van der Waals surface area contributed by atoms with E-state index in [0.717, 1.165) is 6.92 Å². The van der Waals surface area contributed by atoms with E-state index in [0.29, 0.717) is 17.7 Å². The largest absolute Gasteiger partial charge is 0.491 e. The number of benzene rings is 1. The molecule has 30 heavy (non-hydrogen) atoms. The molecule has 11 heteroatoms. The highest BCUT2D eigenvalue weighted by atomic mass is 19.4. The van der Waals surface area contributed by atoms with Crippen LogP contribution in [-0.2, 0) is 14.4 Å². The molecule has 0 spiro atoms. The highest BCUT2D eigenvalue weighted by molar-refractivity contribution is 6.02. The first-order valence-electron chi connectivity index (χ1n) is 9.17. The lowest BCUT2D eigenvalue weighted by atomic mass is 9.89. The molecule has 0 radical (unpaired) electrons. The number of carbonyl (C=O) groups excluding carboxylic acids is 3. The van der Waals surface area contributed by atoms with Crippen molar-refractivity contribution in [3.63, 3.8) is 0 Å². The monoisotopic (exact) mass is 436 g/mol. The Kier molecular flexibility index (Phi) is 7.04. The number of rotatable bonds is 6. The predicted octanol–water partition coefficient (Wildman–Crippen LogP) is 2.58. The Morgan fingerprint density at radius 3 is 2.40 bits per heavy atom. The predicted molar refractivity (Wildman–Crippen MR) is 95.1 cm³/mol. The third-order valence-corrected chi connectivity index (χ3v) is 4.80. The number of hydrogen-bond acceptors (Lipinski definition) is 4. The van der Waals surface area contributed by atoms with Gasteiger partial charge >= 0.3 is 12.1 Å². The number of ketones is 1. The van der Waals surface area contributed by atoms with Gasteiger partial charge in [-0.2, -0.15) is 22.0 Å². The minimum Gasteiger partial charge on any atom is -0.491 e. The van der Waals surface area contributed by atoms with Crippen LogP contribution in [0, 0.1) is 5.92 Å². The van der Waals surface area contributed by atoms with E-state index < -0.39 is 48.3 Å². The van der Waals surface area contributed by atoms with Crippen molar-refractivity contribution in [2.75, 3.05) is 13.2 Å². The number of ether oxygens (including phenoxy) is 1. The number of alkyl halides is 5. The summed E-state index contributed by atoms with van der Waals surface area (Å²) in [5, 5.41) is 3.75. The van der Waals surface area contributed by atoms with Crippen molar-refractivity contribution >= 4 is 17.6 Å². The number of fused-ring (bicyclic) bond motifs is 1. The van der Waals surface area contributed by atoms with E-state index >= 15 is 0 Å². The van der Waals surface area contributed by atoms with Crippen LogP contribution in [0.15, 0.2) is 24.3 Å². The van der Waals surface area contributed by atoms with Gasteiger partial charge in [-0.05, 0) is 19.4 Å². The van der Waals surface area contributed by atoms with Gasteiger partial charge in [-0.1, -0.05) is 25.1 Å². The van der Waals surface area contributed by atoms with Crippen LogP contribution in [0.4, 0.5) is 22.0 Å². The van der Waals surface area contributed by atoms with Gasteiger partial charge in [0.25, 0.3) is 0 Å². The second-order valence-electron chi connectivity index (χ2n) is 6.91. The van der Waals surface area contributed by atoms with Crippen molar-refractivity contribution in [1.29, 1.82) is 0 Å². The first kappa shape index (κ1) is 23.6. The Labute approximate surface area is 169 Å². The number of carbonyl (C=O) groups is 3. The van der Waals surface area contributed by atoms with Gasteiger partial charge in [0.15, 0.2) is 5.78 Å². The number of hydrogen-bond donors (Lipinski definition) is 2. The lowest BCUT2D eigenvalue weighted by Crippen LogP contribution is -2.52. The molecular weight excluding hydrogens is 415 g/mol. The highest BCUT2D eigenvalue weighted by Crippen LogP contribution is 2.35. The molecule has 166 valence electrons. The Balaban J connectivity index is 2.03. The van der Waals surface area contributed by atoms with Gasteiger partial charge in [-0.3, -0.25) is 14.4 Å².